The SMILES string of the molecule is Cc1ccc(N[C@@H]2CCCC[C@H]2N)c(C#N)c1. The first kappa shape index (κ1) is 11.9. The van der Waals surface area contributed by atoms with Crippen molar-refractivity contribution in [3.05, 3.63) is 29.3 Å². The molecule has 1 fully saturated rings. The second-order valence-corrected chi connectivity index (χ2v) is 4.86. The molecule has 0 bridgehead atoms. The van der Waals surface area contributed by atoms with E-state index in [9.17, 15) is 0 Å². The van der Waals surface area contributed by atoms with Crippen molar-refractivity contribution in [1.29, 1.82) is 5.26 Å². The van der Waals surface area contributed by atoms with Gasteiger partial charge in [0.1, 0.15) is 6.07 Å². The molecule has 1 aliphatic rings. The lowest BCUT2D eigenvalue weighted by Gasteiger charge is -2.30. The van der Waals surface area contributed by atoms with Crippen molar-refractivity contribution in [2.24, 2.45) is 5.73 Å². The van der Waals surface area contributed by atoms with Gasteiger partial charge in [0.2, 0.25) is 0 Å². The second-order valence-electron chi connectivity index (χ2n) is 4.86. The molecule has 17 heavy (non-hydrogen) atoms. The standard InChI is InChI=1S/C14H19N3/c1-10-6-7-13(11(8-10)9-15)17-14-5-3-2-4-12(14)16/h6-8,12,14,17H,2-5,16H2,1H3/t12-,14-/m1/s1. The largest absolute Gasteiger partial charge is 0.380 e. The van der Waals surface area contributed by atoms with Crippen molar-refractivity contribution in [2.45, 2.75) is 44.7 Å². The van der Waals surface area contributed by atoms with Crippen LogP contribution in [0.4, 0.5) is 5.69 Å². The Bertz CT molecular complexity index is 434. The Kier molecular flexibility index (Phi) is 3.65. The fraction of sp³-hybridized carbons (Fsp3) is 0.500. The van der Waals surface area contributed by atoms with E-state index in [0.29, 0.717) is 11.6 Å². The van der Waals surface area contributed by atoms with E-state index in [-0.39, 0.29) is 6.04 Å². The summed E-state index contributed by atoms with van der Waals surface area (Å²) in [6.45, 7) is 2.00. The van der Waals surface area contributed by atoms with Crippen LogP contribution in [-0.2, 0) is 0 Å². The lowest BCUT2D eigenvalue weighted by atomic mass is 9.90. The van der Waals surface area contributed by atoms with Crippen LogP contribution in [0, 0.1) is 18.3 Å². The molecule has 0 amide bonds. The van der Waals surface area contributed by atoms with Crippen molar-refractivity contribution in [3.63, 3.8) is 0 Å². The smallest absolute Gasteiger partial charge is 0.101 e. The number of anilines is 1. The number of rotatable bonds is 2. The van der Waals surface area contributed by atoms with Crippen LogP contribution >= 0.6 is 0 Å². The lowest BCUT2D eigenvalue weighted by molar-refractivity contribution is 0.404. The first-order valence-corrected chi connectivity index (χ1v) is 6.23. The predicted octanol–water partition coefficient (Wildman–Crippen LogP) is 2.55. The summed E-state index contributed by atoms with van der Waals surface area (Å²) in [6.07, 6.45) is 4.61. The Balaban J connectivity index is 2.15. The summed E-state index contributed by atoms with van der Waals surface area (Å²) in [6, 6.07) is 8.67. The van der Waals surface area contributed by atoms with Gasteiger partial charge in [-0.3, -0.25) is 0 Å². The van der Waals surface area contributed by atoms with Crippen molar-refractivity contribution < 1.29 is 0 Å². The van der Waals surface area contributed by atoms with Crippen molar-refractivity contribution in [3.8, 4) is 6.07 Å². The molecule has 2 atom stereocenters. The summed E-state index contributed by atoms with van der Waals surface area (Å²) in [7, 11) is 0. The van der Waals surface area contributed by atoms with Gasteiger partial charge in [0.25, 0.3) is 0 Å². The number of hydrogen-bond donors (Lipinski definition) is 2. The molecule has 0 aromatic heterocycles. The van der Waals surface area contributed by atoms with E-state index >= 15 is 0 Å². The van der Waals surface area contributed by atoms with Gasteiger partial charge in [-0.1, -0.05) is 18.9 Å². The van der Waals surface area contributed by atoms with Crippen LogP contribution in [0.1, 0.15) is 36.8 Å². The summed E-state index contributed by atoms with van der Waals surface area (Å²) < 4.78 is 0. The normalized spacial score (nSPS) is 24.1. The monoisotopic (exact) mass is 229 g/mol. The van der Waals surface area contributed by atoms with Crippen LogP contribution in [0.5, 0.6) is 0 Å². The molecule has 3 heteroatoms. The maximum atomic E-state index is 9.12. The third kappa shape index (κ3) is 2.78. The summed E-state index contributed by atoms with van der Waals surface area (Å²) in [5.74, 6) is 0. The second kappa shape index (κ2) is 5.20. The number of benzene rings is 1. The van der Waals surface area contributed by atoms with Gasteiger partial charge in [-0.15, -0.1) is 0 Å². The van der Waals surface area contributed by atoms with E-state index in [1.807, 2.05) is 25.1 Å². The van der Waals surface area contributed by atoms with Crippen LogP contribution in [0.15, 0.2) is 18.2 Å². The van der Waals surface area contributed by atoms with Crippen LogP contribution in [0.25, 0.3) is 0 Å². The predicted molar refractivity (Wildman–Crippen MR) is 69.7 cm³/mol. The molecule has 1 aromatic rings. The molecule has 3 N–H and O–H groups in total. The van der Waals surface area contributed by atoms with Gasteiger partial charge in [0.05, 0.1) is 11.3 Å². The van der Waals surface area contributed by atoms with Crippen LogP contribution in [0.2, 0.25) is 0 Å². The Morgan fingerprint density at radius 3 is 2.82 bits per heavy atom. The molecule has 1 saturated carbocycles. The zero-order valence-electron chi connectivity index (χ0n) is 10.2. The molecule has 2 rings (SSSR count). The molecule has 90 valence electrons. The number of nitrogens with one attached hydrogen (secondary N) is 1. The molecule has 0 aliphatic heterocycles. The van der Waals surface area contributed by atoms with E-state index < -0.39 is 0 Å². The summed E-state index contributed by atoms with van der Waals surface area (Å²) in [5, 5.41) is 12.5. The highest BCUT2D eigenvalue weighted by Crippen LogP contribution is 2.23. The minimum absolute atomic E-state index is 0.205. The van der Waals surface area contributed by atoms with Crippen molar-refractivity contribution in [1.82, 2.24) is 0 Å². The highest BCUT2D eigenvalue weighted by molar-refractivity contribution is 5.59. The third-order valence-corrected chi connectivity index (χ3v) is 3.46. The maximum Gasteiger partial charge on any atom is 0.101 e. The fourth-order valence-corrected chi connectivity index (χ4v) is 2.41. The van der Waals surface area contributed by atoms with Crippen LogP contribution in [-0.4, -0.2) is 12.1 Å². The highest BCUT2D eigenvalue weighted by atomic mass is 15.0. The number of nitriles is 1. The quantitative estimate of drug-likeness (QED) is 0.819. The first-order chi connectivity index (χ1) is 8.20. The molecule has 0 spiro atoms. The van der Waals surface area contributed by atoms with Gasteiger partial charge in [-0.25, -0.2) is 0 Å². The molecule has 0 saturated heterocycles. The van der Waals surface area contributed by atoms with Crippen molar-refractivity contribution in [2.75, 3.05) is 5.32 Å². The number of nitrogens with two attached hydrogens (primary N) is 1. The average molecular weight is 229 g/mol. The van der Waals surface area contributed by atoms with E-state index in [2.05, 4.69) is 11.4 Å². The van der Waals surface area contributed by atoms with Gasteiger partial charge in [-0.2, -0.15) is 5.26 Å². The minimum Gasteiger partial charge on any atom is -0.380 e. The van der Waals surface area contributed by atoms with Crippen LogP contribution in [0.3, 0.4) is 0 Å². The zero-order valence-corrected chi connectivity index (χ0v) is 10.2. The molecule has 0 unspecified atom stereocenters. The summed E-state index contributed by atoms with van der Waals surface area (Å²) in [5.41, 5.74) is 8.84. The van der Waals surface area contributed by atoms with Gasteiger partial charge in [0.15, 0.2) is 0 Å². The van der Waals surface area contributed by atoms with E-state index in [4.69, 9.17) is 11.0 Å². The highest BCUT2D eigenvalue weighted by Gasteiger charge is 2.22. The Hall–Kier alpha value is -1.53. The van der Waals surface area contributed by atoms with E-state index in [1.165, 1.54) is 12.8 Å². The maximum absolute atomic E-state index is 9.12. The third-order valence-electron chi connectivity index (χ3n) is 3.46. The van der Waals surface area contributed by atoms with Gasteiger partial charge in [0, 0.05) is 12.1 Å². The Labute approximate surface area is 103 Å². The Morgan fingerprint density at radius 1 is 1.35 bits per heavy atom. The minimum atomic E-state index is 0.205. The van der Waals surface area contributed by atoms with Gasteiger partial charge in [-0.05, 0) is 37.5 Å². The molecule has 3 nitrogen and oxygen atoms in total. The zero-order chi connectivity index (χ0) is 12.3. The molecular formula is C14H19N3. The lowest BCUT2D eigenvalue weighted by Crippen LogP contribution is -2.42. The molecule has 1 aromatic carbocycles. The Morgan fingerprint density at radius 2 is 2.12 bits per heavy atom. The summed E-state index contributed by atoms with van der Waals surface area (Å²) >= 11 is 0. The fourth-order valence-electron chi connectivity index (χ4n) is 2.41. The van der Waals surface area contributed by atoms with Gasteiger partial charge < -0.3 is 11.1 Å². The number of aryl methyl sites for hydroxylation is 1. The van der Waals surface area contributed by atoms with Crippen LogP contribution < -0.4 is 11.1 Å². The molecule has 0 heterocycles. The van der Waals surface area contributed by atoms with Crippen molar-refractivity contribution >= 4 is 5.69 Å². The topological polar surface area (TPSA) is 61.8 Å². The van der Waals surface area contributed by atoms with Gasteiger partial charge >= 0.3 is 0 Å². The number of hydrogen-bond acceptors (Lipinski definition) is 3. The molecule has 0 radical (unpaired) electrons. The first-order valence-electron chi connectivity index (χ1n) is 6.23. The molecular weight excluding hydrogens is 210 g/mol. The number of nitrogens with zero attached hydrogens (tertiary/aromatic N) is 1. The summed E-state index contributed by atoms with van der Waals surface area (Å²) in [4.78, 5) is 0. The van der Waals surface area contributed by atoms with E-state index in [0.717, 1.165) is 24.1 Å². The molecule has 1 aliphatic carbocycles. The average Bonchev–Trinajstić information content (AvgIpc) is 2.34. The van der Waals surface area contributed by atoms with E-state index in [1.54, 1.807) is 0 Å².